The van der Waals surface area contributed by atoms with Crippen molar-refractivity contribution in [1.82, 2.24) is 0 Å². The number of hydrogen-bond donors (Lipinski definition) is 1. The second-order valence-electron chi connectivity index (χ2n) is 4.72. The maximum absolute atomic E-state index is 12.7. The number of ketones is 1. The Kier molecular flexibility index (Phi) is 2.66. The van der Waals surface area contributed by atoms with Gasteiger partial charge in [-0.15, -0.1) is 0 Å². The molecule has 1 aromatic rings. The maximum atomic E-state index is 12.7. The molecule has 4 nitrogen and oxygen atoms in total. The average molecular weight is 309 g/mol. The lowest BCUT2D eigenvalue weighted by Gasteiger charge is -2.20. The van der Waals surface area contributed by atoms with E-state index in [0.29, 0.717) is 6.42 Å². The molecule has 1 heterocycles. The van der Waals surface area contributed by atoms with E-state index in [9.17, 15) is 4.79 Å². The minimum absolute atomic E-state index is 0.0248. The van der Waals surface area contributed by atoms with Crippen LogP contribution in [0.15, 0.2) is 27.7 Å². The molecule has 94 valence electrons. The highest BCUT2D eigenvalue weighted by Crippen LogP contribution is 2.35. The summed E-state index contributed by atoms with van der Waals surface area (Å²) in [7, 11) is 0. The molecule has 5 heteroatoms. The Labute approximate surface area is 113 Å². The molecule has 2 aliphatic rings. The third-order valence-electron chi connectivity index (χ3n) is 3.59. The van der Waals surface area contributed by atoms with Gasteiger partial charge in [0.1, 0.15) is 6.61 Å². The van der Waals surface area contributed by atoms with Crippen LogP contribution in [0, 0.1) is 0 Å². The summed E-state index contributed by atoms with van der Waals surface area (Å²) in [5, 5.41) is 0. The monoisotopic (exact) mass is 308 g/mol. The van der Waals surface area contributed by atoms with Gasteiger partial charge in [-0.2, -0.15) is 0 Å². The van der Waals surface area contributed by atoms with E-state index in [1.54, 1.807) is 0 Å². The van der Waals surface area contributed by atoms with Crippen molar-refractivity contribution in [3.05, 3.63) is 33.8 Å². The molecule has 1 unspecified atom stereocenters. The van der Waals surface area contributed by atoms with Crippen molar-refractivity contribution in [2.75, 3.05) is 6.61 Å². The molecule has 18 heavy (non-hydrogen) atoms. The molecule has 0 aromatic heterocycles. The van der Waals surface area contributed by atoms with Crippen molar-refractivity contribution in [1.29, 1.82) is 0 Å². The number of rotatable bonds is 0. The Balaban J connectivity index is 2.12. The second kappa shape index (κ2) is 4.09. The molecule has 2 N–H and O–H groups in total. The van der Waals surface area contributed by atoms with Gasteiger partial charge in [0.05, 0.1) is 0 Å². The zero-order chi connectivity index (χ0) is 12.8. The molecule has 0 fully saturated rings. The van der Waals surface area contributed by atoms with Crippen LogP contribution in [-0.4, -0.2) is 24.0 Å². The summed E-state index contributed by atoms with van der Waals surface area (Å²) in [5.41, 5.74) is 6.58. The highest BCUT2D eigenvalue weighted by atomic mass is 79.9. The fourth-order valence-electron chi connectivity index (χ4n) is 2.66. The number of nitrogens with zero attached hydrogens (tertiary/aromatic N) is 1. The number of carbonyl (C=O) groups excluding carboxylic acids is 1. The molecule has 1 spiro atoms. The summed E-state index contributed by atoms with van der Waals surface area (Å²) >= 11 is 3.51. The largest absolute Gasteiger partial charge is 0.462 e. The molecule has 1 aliphatic heterocycles. The van der Waals surface area contributed by atoms with E-state index in [1.165, 1.54) is 0 Å². The number of halogens is 1. The Hall–Kier alpha value is -1.36. The van der Waals surface area contributed by atoms with Gasteiger partial charge in [-0.3, -0.25) is 4.79 Å². The van der Waals surface area contributed by atoms with Gasteiger partial charge < -0.3 is 10.5 Å². The summed E-state index contributed by atoms with van der Waals surface area (Å²) in [6, 6.07) is 5.83. The lowest BCUT2D eigenvalue weighted by atomic mass is 9.88. The molecular weight excluding hydrogens is 296 g/mol. The lowest BCUT2D eigenvalue weighted by molar-refractivity contribution is 0.0852. The summed E-state index contributed by atoms with van der Waals surface area (Å²) in [6.07, 6.45) is 2.47. The van der Waals surface area contributed by atoms with Crippen LogP contribution in [0.25, 0.3) is 0 Å². The third kappa shape index (κ3) is 1.65. The van der Waals surface area contributed by atoms with Gasteiger partial charge in [-0.1, -0.05) is 28.1 Å². The van der Waals surface area contributed by atoms with Gasteiger partial charge in [0.2, 0.25) is 0 Å². The number of benzene rings is 1. The molecule has 0 bridgehead atoms. The first-order chi connectivity index (χ1) is 8.62. The number of amidine groups is 1. The van der Waals surface area contributed by atoms with Crippen molar-refractivity contribution >= 4 is 27.7 Å². The highest BCUT2D eigenvalue weighted by molar-refractivity contribution is 9.10. The molecule has 0 saturated heterocycles. The quantitative estimate of drug-likeness (QED) is 0.798. The van der Waals surface area contributed by atoms with Crippen LogP contribution in [0.1, 0.15) is 28.8 Å². The first kappa shape index (κ1) is 11.7. The van der Waals surface area contributed by atoms with E-state index < -0.39 is 5.54 Å². The predicted octanol–water partition coefficient (Wildman–Crippen LogP) is 2.05. The van der Waals surface area contributed by atoms with E-state index in [-0.39, 0.29) is 18.4 Å². The predicted molar refractivity (Wildman–Crippen MR) is 71.7 cm³/mol. The Bertz CT molecular complexity index is 556. The van der Waals surface area contributed by atoms with Crippen LogP contribution in [0.3, 0.4) is 0 Å². The summed E-state index contributed by atoms with van der Waals surface area (Å²) in [5.74, 6) is 0.0248. The summed E-state index contributed by atoms with van der Waals surface area (Å²) in [6.45, 7) is 0.267. The molecule has 1 atom stereocenters. The Morgan fingerprint density at radius 1 is 1.44 bits per heavy atom. The van der Waals surface area contributed by atoms with E-state index in [1.807, 2.05) is 18.2 Å². The molecule has 1 aromatic carbocycles. The van der Waals surface area contributed by atoms with E-state index >= 15 is 0 Å². The first-order valence-electron chi connectivity index (χ1n) is 5.93. The molecule has 0 radical (unpaired) electrons. The number of ether oxygens (including phenoxy) is 1. The minimum atomic E-state index is -0.796. The van der Waals surface area contributed by atoms with Gasteiger partial charge in [0, 0.05) is 10.0 Å². The molecular formula is C13H13BrN2O2. The Morgan fingerprint density at radius 3 is 3.00 bits per heavy atom. The van der Waals surface area contributed by atoms with Gasteiger partial charge in [0.15, 0.2) is 11.3 Å². The number of carbonyl (C=O) groups is 1. The van der Waals surface area contributed by atoms with Crippen LogP contribution < -0.4 is 5.73 Å². The fraction of sp³-hybridized carbons (Fsp3) is 0.385. The fourth-order valence-corrected chi connectivity index (χ4v) is 3.22. The number of aliphatic imine (C=N–C) groups is 1. The van der Waals surface area contributed by atoms with Crippen molar-refractivity contribution in [2.45, 2.75) is 24.8 Å². The van der Waals surface area contributed by atoms with Crippen molar-refractivity contribution < 1.29 is 9.53 Å². The second-order valence-corrected chi connectivity index (χ2v) is 5.57. The number of fused-ring (bicyclic) bond motifs is 1. The molecule has 0 saturated carbocycles. The van der Waals surface area contributed by atoms with E-state index in [2.05, 4.69) is 20.9 Å². The van der Waals surface area contributed by atoms with Crippen molar-refractivity contribution in [3.63, 3.8) is 0 Å². The van der Waals surface area contributed by atoms with Crippen LogP contribution >= 0.6 is 15.9 Å². The number of Topliss-reactive ketones (excluding diaryl/α,β-unsaturated/α-hetero) is 1. The van der Waals surface area contributed by atoms with E-state index in [0.717, 1.165) is 28.4 Å². The first-order valence-corrected chi connectivity index (χ1v) is 6.72. The standard InChI is InChI=1S/C13H13BrN2O2/c14-10-5-1-3-9-8(10)4-2-6-13(11(9)17)7-18-12(15)16-13/h1,3,5H,2,4,6-7H2,(H2,15,16). The highest BCUT2D eigenvalue weighted by Gasteiger charge is 2.45. The van der Waals surface area contributed by atoms with Crippen molar-refractivity contribution in [2.24, 2.45) is 10.7 Å². The topological polar surface area (TPSA) is 64.7 Å². The zero-order valence-corrected chi connectivity index (χ0v) is 11.4. The summed E-state index contributed by atoms with van der Waals surface area (Å²) in [4.78, 5) is 17.0. The smallest absolute Gasteiger partial charge is 0.283 e. The number of nitrogens with two attached hydrogens (primary N) is 1. The van der Waals surface area contributed by atoms with Crippen LogP contribution in [0.2, 0.25) is 0 Å². The molecule has 3 rings (SSSR count). The number of hydrogen-bond acceptors (Lipinski definition) is 4. The van der Waals surface area contributed by atoms with E-state index in [4.69, 9.17) is 10.5 Å². The Morgan fingerprint density at radius 2 is 2.28 bits per heavy atom. The third-order valence-corrected chi connectivity index (χ3v) is 4.33. The average Bonchev–Trinajstić information content (AvgIpc) is 2.66. The molecule has 1 aliphatic carbocycles. The van der Waals surface area contributed by atoms with Gasteiger partial charge >= 0.3 is 0 Å². The minimum Gasteiger partial charge on any atom is -0.462 e. The maximum Gasteiger partial charge on any atom is 0.283 e. The summed E-state index contributed by atoms with van der Waals surface area (Å²) < 4.78 is 6.20. The normalized spacial score (nSPS) is 26.5. The van der Waals surface area contributed by atoms with Gasteiger partial charge in [-0.05, 0) is 30.9 Å². The van der Waals surface area contributed by atoms with Gasteiger partial charge in [0.25, 0.3) is 6.02 Å². The molecule has 0 amide bonds. The van der Waals surface area contributed by atoms with Crippen LogP contribution in [0.4, 0.5) is 0 Å². The van der Waals surface area contributed by atoms with Crippen molar-refractivity contribution in [3.8, 4) is 0 Å². The van der Waals surface area contributed by atoms with Crippen LogP contribution in [-0.2, 0) is 11.2 Å². The van der Waals surface area contributed by atoms with Gasteiger partial charge in [-0.25, -0.2) is 4.99 Å². The van der Waals surface area contributed by atoms with Crippen LogP contribution in [0.5, 0.6) is 0 Å². The zero-order valence-electron chi connectivity index (χ0n) is 9.78. The lowest BCUT2D eigenvalue weighted by Crippen LogP contribution is -2.37. The SMILES string of the molecule is NC1=NC2(CCCc3c(Br)cccc3C2=O)CO1.